The monoisotopic (exact) mass is 292 g/mol. The highest BCUT2D eigenvalue weighted by molar-refractivity contribution is 5.73. The topological polar surface area (TPSA) is 70.6 Å². The van der Waals surface area contributed by atoms with Gasteiger partial charge in [0.05, 0.1) is 13.2 Å². The van der Waals surface area contributed by atoms with E-state index in [1.807, 2.05) is 32.0 Å². The van der Waals surface area contributed by atoms with Crippen LogP contribution < -0.4 is 15.4 Å². The van der Waals surface area contributed by atoms with Crippen LogP contribution in [0.15, 0.2) is 18.2 Å². The smallest absolute Gasteiger partial charge is 0.315 e. The van der Waals surface area contributed by atoms with Crippen LogP contribution in [0.25, 0.3) is 0 Å². The quantitative estimate of drug-likeness (QED) is 0.719. The van der Waals surface area contributed by atoms with Gasteiger partial charge in [-0.1, -0.05) is 12.1 Å². The van der Waals surface area contributed by atoms with Crippen molar-refractivity contribution in [2.24, 2.45) is 5.41 Å². The number of hydrogen-bond acceptors (Lipinski definition) is 3. The zero-order valence-electron chi connectivity index (χ0n) is 12.7. The van der Waals surface area contributed by atoms with Gasteiger partial charge in [0, 0.05) is 18.5 Å². The summed E-state index contributed by atoms with van der Waals surface area (Å²) >= 11 is 0. The molecule has 0 spiro atoms. The first-order valence-electron chi connectivity index (χ1n) is 7.43. The van der Waals surface area contributed by atoms with Crippen molar-refractivity contribution in [3.8, 4) is 5.75 Å². The lowest BCUT2D eigenvalue weighted by Crippen LogP contribution is -2.39. The van der Waals surface area contributed by atoms with Crippen LogP contribution in [0.1, 0.15) is 30.9 Å². The number of nitrogens with one attached hydrogen (secondary N) is 2. The van der Waals surface area contributed by atoms with Gasteiger partial charge in [-0.25, -0.2) is 4.79 Å². The van der Waals surface area contributed by atoms with E-state index in [4.69, 9.17) is 4.74 Å². The van der Waals surface area contributed by atoms with E-state index < -0.39 is 0 Å². The van der Waals surface area contributed by atoms with E-state index in [-0.39, 0.29) is 18.1 Å². The Morgan fingerprint density at radius 2 is 2.14 bits per heavy atom. The second kappa shape index (κ2) is 6.80. The molecule has 1 aliphatic rings. The molecular weight excluding hydrogens is 268 g/mol. The van der Waals surface area contributed by atoms with Gasteiger partial charge in [0.2, 0.25) is 0 Å². The third-order valence-corrected chi connectivity index (χ3v) is 3.91. The summed E-state index contributed by atoms with van der Waals surface area (Å²) in [5, 5.41) is 14.8. The number of carbonyl (C=O) groups excluding carboxylic acids is 1. The molecule has 0 heterocycles. The lowest BCUT2D eigenvalue weighted by molar-refractivity contribution is 0.203. The summed E-state index contributed by atoms with van der Waals surface area (Å²) in [6, 6.07) is 5.70. The van der Waals surface area contributed by atoms with Crippen LogP contribution in [0.2, 0.25) is 0 Å². The van der Waals surface area contributed by atoms with E-state index in [1.54, 1.807) is 0 Å². The zero-order chi connectivity index (χ0) is 15.3. The summed E-state index contributed by atoms with van der Waals surface area (Å²) in [6.45, 7) is 5.76. The molecule has 1 aromatic carbocycles. The molecule has 5 heteroatoms. The fourth-order valence-corrected chi connectivity index (χ4v) is 2.22. The number of ether oxygens (including phenoxy) is 1. The molecule has 1 saturated carbocycles. The maximum atomic E-state index is 11.7. The first-order valence-corrected chi connectivity index (χ1v) is 7.43. The van der Waals surface area contributed by atoms with Gasteiger partial charge in [-0.3, -0.25) is 0 Å². The van der Waals surface area contributed by atoms with E-state index in [0.717, 1.165) is 29.7 Å². The minimum atomic E-state index is -0.193. The fourth-order valence-electron chi connectivity index (χ4n) is 2.22. The molecule has 2 amide bonds. The number of rotatable bonds is 7. The van der Waals surface area contributed by atoms with Gasteiger partial charge in [-0.05, 0) is 43.9 Å². The zero-order valence-corrected chi connectivity index (χ0v) is 12.7. The molecule has 0 atom stereocenters. The number of hydrogen-bond donors (Lipinski definition) is 3. The lowest BCUT2D eigenvalue weighted by atomic mass is 10.1. The largest absolute Gasteiger partial charge is 0.494 e. The van der Waals surface area contributed by atoms with Crippen LogP contribution in [-0.4, -0.2) is 30.9 Å². The number of carbonyl (C=O) groups is 1. The molecular formula is C16H24N2O3. The third-order valence-electron chi connectivity index (χ3n) is 3.91. The molecule has 1 aromatic rings. The predicted molar refractivity (Wildman–Crippen MR) is 81.3 cm³/mol. The lowest BCUT2D eigenvalue weighted by Gasteiger charge is -2.14. The number of benzene rings is 1. The highest BCUT2D eigenvalue weighted by Crippen LogP contribution is 2.44. The molecule has 1 aliphatic carbocycles. The van der Waals surface area contributed by atoms with Gasteiger partial charge in [0.15, 0.2) is 0 Å². The van der Waals surface area contributed by atoms with E-state index >= 15 is 0 Å². The van der Waals surface area contributed by atoms with Crippen LogP contribution in [0.4, 0.5) is 4.79 Å². The van der Waals surface area contributed by atoms with Crippen molar-refractivity contribution in [3.05, 3.63) is 29.3 Å². The summed E-state index contributed by atoms with van der Waals surface area (Å²) in [5.74, 6) is 0.879. The van der Waals surface area contributed by atoms with Crippen molar-refractivity contribution < 1.29 is 14.6 Å². The van der Waals surface area contributed by atoms with Crippen LogP contribution in [0.5, 0.6) is 5.75 Å². The Labute approximate surface area is 125 Å². The summed E-state index contributed by atoms with van der Waals surface area (Å²) in [4.78, 5) is 11.7. The average molecular weight is 292 g/mol. The average Bonchev–Trinajstić information content (AvgIpc) is 3.26. The number of urea groups is 1. The van der Waals surface area contributed by atoms with Gasteiger partial charge in [0.25, 0.3) is 0 Å². The van der Waals surface area contributed by atoms with Gasteiger partial charge in [0.1, 0.15) is 5.75 Å². The van der Waals surface area contributed by atoms with E-state index in [2.05, 4.69) is 10.6 Å². The van der Waals surface area contributed by atoms with E-state index in [0.29, 0.717) is 19.7 Å². The van der Waals surface area contributed by atoms with Gasteiger partial charge >= 0.3 is 6.03 Å². The Hall–Kier alpha value is -1.75. The fraction of sp³-hybridized carbons (Fsp3) is 0.562. The molecule has 0 saturated heterocycles. The van der Waals surface area contributed by atoms with Gasteiger partial charge in [-0.15, -0.1) is 0 Å². The SMILES string of the molecule is CCOc1ccc(CNC(=O)NCC2(CO)CC2)cc1C. The van der Waals surface area contributed by atoms with Gasteiger partial charge in [-0.2, -0.15) is 0 Å². The predicted octanol–water partition coefficient (Wildman–Crippen LogP) is 1.97. The van der Waals surface area contributed by atoms with E-state index in [1.165, 1.54) is 0 Å². The molecule has 0 bridgehead atoms. The summed E-state index contributed by atoms with van der Waals surface area (Å²) in [5.41, 5.74) is 2.04. The highest BCUT2D eigenvalue weighted by atomic mass is 16.5. The molecule has 2 rings (SSSR count). The van der Waals surface area contributed by atoms with Crippen LogP contribution in [0.3, 0.4) is 0 Å². The maximum Gasteiger partial charge on any atom is 0.315 e. The Kier molecular flexibility index (Phi) is 5.07. The summed E-state index contributed by atoms with van der Waals surface area (Å²) in [6.07, 6.45) is 1.98. The van der Waals surface area contributed by atoms with Crippen LogP contribution >= 0.6 is 0 Å². The molecule has 1 fully saturated rings. The van der Waals surface area contributed by atoms with Crippen molar-refractivity contribution in [3.63, 3.8) is 0 Å². The molecule has 3 N–H and O–H groups in total. The van der Waals surface area contributed by atoms with Crippen LogP contribution in [0, 0.1) is 12.3 Å². The first-order chi connectivity index (χ1) is 10.1. The minimum Gasteiger partial charge on any atom is -0.494 e. The molecule has 0 radical (unpaired) electrons. The third kappa shape index (κ3) is 4.36. The molecule has 5 nitrogen and oxygen atoms in total. The number of aliphatic hydroxyl groups is 1. The Morgan fingerprint density at radius 1 is 1.38 bits per heavy atom. The van der Waals surface area contributed by atoms with Gasteiger partial charge < -0.3 is 20.5 Å². The van der Waals surface area contributed by atoms with Crippen molar-refractivity contribution in [2.45, 2.75) is 33.2 Å². The standard InChI is InChI=1S/C16H24N2O3/c1-3-21-14-5-4-13(8-12(14)2)9-17-15(20)18-10-16(11-19)6-7-16/h4-5,8,19H,3,6-7,9-11H2,1-2H3,(H2,17,18,20). The number of aliphatic hydroxyl groups excluding tert-OH is 1. The van der Waals surface area contributed by atoms with E-state index in [9.17, 15) is 9.90 Å². The molecule has 116 valence electrons. The molecule has 0 unspecified atom stereocenters. The second-order valence-electron chi connectivity index (χ2n) is 5.73. The molecule has 0 aliphatic heterocycles. The Bertz CT molecular complexity index is 498. The highest BCUT2D eigenvalue weighted by Gasteiger charge is 2.42. The normalized spacial score (nSPS) is 15.4. The van der Waals surface area contributed by atoms with Crippen molar-refractivity contribution >= 4 is 6.03 Å². The Balaban J connectivity index is 1.77. The molecule has 0 aromatic heterocycles. The van der Waals surface area contributed by atoms with Crippen molar-refractivity contribution in [2.75, 3.05) is 19.8 Å². The molecule has 21 heavy (non-hydrogen) atoms. The number of amides is 2. The van der Waals surface area contributed by atoms with Crippen LogP contribution in [-0.2, 0) is 6.54 Å². The maximum absolute atomic E-state index is 11.7. The second-order valence-corrected chi connectivity index (χ2v) is 5.73. The summed E-state index contributed by atoms with van der Waals surface area (Å²) < 4.78 is 5.49. The van der Waals surface area contributed by atoms with Crippen molar-refractivity contribution in [1.82, 2.24) is 10.6 Å². The minimum absolute atomic E-state index is 0.0624. The first kappa shape index (κ1) is 15.6. The van der Waals surface area contributed by atoms with Crippen molar-refractivity contribution in [1.29, 1.82) is 0 Å². The Morgan fingerprint density at radius 3 is 2.71 bits per heavy atom. The summed E-state index contributed by atoms with van der Waals surface area (Å²) in [7, 11) is 0. The number of aryl methyl sites for hydroxylation is 1.